The SMILES string of the molecule is Cn1cnc2cc(CN3CCNCC3c3ccncc3)ccc21. The van der Waals surface area contributed by atoms with Crippen molar-refractivity contribution in [3.8, 4) is 0 Å². The molecule has 1 atom stereocenters. The molecule has 4 rings (SSSR count). The van der Waals surface area contributed by atoms with Crippen LogP contribution in [0.4, 0.5) is 0 Å². The highest BCUT2D eigenvalue weighted by atomic mass is 15.2. The molecule has 3 heterocycles. The molecule has 0 bridgehead atoms. The molecule has 23 heavy (non-hydrogen) atoms. The van der Waals surface area contributed by atoms with E-state index >= 15 is 0 Å². The second kappa shape index (κ2) is 6.10. The Morgan fingerprint density at radius 3 is 2.96 bits per heavy atom. The number of aryl methyl sites for hydroxylation is 1. The third-order valence-electron chi connectivity index (χ3n) is 4.62. The van der Waals surface area contributed by atoms with Gasteiger partial charge in [0.15, 0.2) is 0 Å². The molecule has 1 aliphatic rings. The summed E-state index contributed by atoms with van der Waals surface area (Å²) in [5.41, 5.74) is 4.89. The standard InChI is InChI=1S/C18H21N5/c1-22-13-21-16-10-14(2-3-17(16)22)12-23-9-8-20-11-18(23)15-4-6-19-7-5-15/h2-7,10,13,18,20H,8-9,11-12H2,1H3. The van der Waals surface area contributed by atoms with Crippen LogP contribution in [0.1, 0.15) is 17.2 Å². The van der Waals surface area contributed by atoms with Crippen LogP contribution in [0.25, 0.3) is 11.0 Å². The van der Waals surface area contributed by atoms with Gasteiger partial charge in [-0.05, 0) is 35.4 Å². The number of benzene rings is 1. The summed E-state index contributed by atoms with van der Waals surface area (Å²) in [5.74, 6) is 0. The minimum Gasteiger partial charge on any atom is -0.334 e. The van der Waals surface area contributed by atoms with Crippen LogP contribution >= 0.6 is 0 Å². The molecule has 0 saturated carbocycles. The van der Waals surface area contributed by atoms with Gasteiger partial charge in [-0.2, -0.15) is 0 Å². The van der Waals surface area contributed by atoms with Crippen LogP contribution in [-0.2, 0) is 13.6 Å². The number of nitrogens with zero attached hydrogens (tertiary/aromatic N) is 4. The number of rotatable bonds is 3. The van der Waals surface area contributed by atoms with Crippen LogP contribution in [0.15, 0.2) is 49.1 Å². The number of fused-ring (bicyclic) bond motifs is 1. The van der Waals surface area contributed by atoms with Gasteiger partial charge < -0.3 is 9.88 Å². The molecule has 1 aliphatic heterocycles. The highest BCUT2D eigenvalue weighted by Gasteiger charge is 2.23. The van der Waals surface area contributed by atoms with Gasteiger partial charge in [-0.15, -0.1) is 0 Å². The largest absolute Gasteiger partial charge is 0.334 e. The summed E-state index contributed by atoms with van der Waals surface area (Å²) in [4.78, 5) is 11.1. The van der Waals surface area contributed by atoms with E-state index in [2.05, 4.69) is 55.1 Å². The average Bonchev–Trinajstić information content (AvgIpc) is 2.97. The molecule has 0 amide bonds. The van der Waals surface area contributed by atoms with E-state index in [1.54, 1.807) is 0 Å². The first-order valence-corrected chi connectivity index (χ1v) is 8.06. The number of hydrogen-bond donors (Lipinski definition) is 1. The van der Waals surface area contributed by atoms with Crippen molar-refractivity contribution >= 4 is 11.0 Å². The highest BCUT2D eigenvalue weighted by Crippen LogP contribution is 2.24. The van der Waals surface area contributed by atoms with Gasteiger partial charge in [-0.3, -0.25) is 9.88 Å². The molecule has 1 fully saturated rings. The Balaban J connectivity index is 1.59. The Kier molecular flexibility index (Phi) is 3.81. The minimum atomic E-state index is 0.395. The Labute approximate surface area is 136 Å². The lowest BCUT2D eigenvalue weighted by molar-refractivity contribution is 0.154. The lowest BCUT2D eigenvalue weighted by Gasteiger charge is -2.36. The fourth-order valence-corrected chi connectivity index (χ4v) is 3.36. The summed E-state index contributed by atoms with van der Waals surface area (Å²) in [6.45, 7) is 4.01. The number of pyridine rings is 1. The summed E-state index contributed by atoms with van der Waals surface area (Å²) in [5, 5.41) is 3.50. The van der Waals surface area contributed by atoms with E-state index in [9.17, 15) is 0 Å². The van der Waals surface area contributed by atoms with Crippen LogP contribution in [0.3, 0.4) is 0 Å². The third-order valence-corrected chi connectivity index (χ3v) is 4.62. The molecule has 1 aromatic carbocycles. The number of nitrogens with one attached hydrogen (secondary N) is 1. The first-order chi connectivity index (χ1) is 11.3. The second-order valence-electron chi connectivity index (χ2n) is 6.15. The lowest BCUT2D eigenvalue weighted by Crippen LogP contribution is -2.45. The van der Waals surface area contributed by atoms with Crippen molar-refractivity contribution in [3.05, 3.63) is 60.2 Å². The average molecular weight is 307 g/mol. The monoisotopic (exact) mass is 307 g/mol. The first kappa shape index (κ1) is 14.4. The summed E-state index contributed by atoms with van der Waals surface area (Å²) in [6.07, 6.45) is 5.63. The maximum Gasteiger partial charge on any atom is 0.0955 e. The zero-order valence-electron chi connectivity index (χ0n) is 13.3. The second-order valence-corrected chi connectivity index (χ2v) is 6.15. The van der Waals surface area contributed by atoms with Gasteiger partial charge in [0.25, 0.3) is 0 Å². The number of piperazine rings is 1. The van der Waals surface area contributed by atoms with Crippen LogP contribution in [0.5, 0.6) is 0 Å². The first-order valence-electron chi connectivity index (χ1n) is 8.06. The molecule has 5 nitrogen and oxygen atoms in total. The molecular weight excluding hydrogens is 286 g/mol. The van der Waals surface area contributed by atoms with Gasteiger partial charge in [-0.1, -0.05) is 6.07 Å². The Hall–Kier alpha value is -2.24. The van der Waals surface area contributed by atoms with E-state index in [1.807, 2.05) is 25.8 Å². The molecule has 5 heteroatoms. The van der Waals surface area contributed by atoms with Crippen LogP contribution in [-0.4, -0.2) is 39.1 Å². The predicted octanol–water partition coefficient (Wildman–Crippen LogP) is 2.11. The van der Waals surface area contributed by atoms with Gasteiger partial charge in [0.05, 0.1) is 17.4 Å². The van der Waals surface area contributed by atoms with Crippen molar-refractivity contribution in [1.82, 2.24) is 24.8 Å². The maximum atomic E-state index is 4.47. The van der Waals surface area contributed by atoms with E-state index in [4.69, 9.17) is 0 Å². The van der Waals surface area contributed by atoms with Gasteiger partial charge in [0, 0.05) is 51.7 Å². The van der Waals surface area contributed by atoms with Crippen LogP contribution in [0.2, 0.25) is 0 Å². The van der Waals surface area contributed by atoms with Gasteiger partial charge in [-0.25, -0.2) is 4.98 Å². The predicted molar refractivity (Wildman–Crippen MR) is 91.0 cm³/mol. The van der Waals surface area contributed by atoms with Crippen LogP contribution in [0, 0.1) is 0 Å². The van der Waals surface area contributed by atoms with Crippen molar-refractivity contribution < 1.29 is 0 Å². The zero-order chi connectivity index (χ0) is 15.6. The zero-order valence-corrected chi connectivity index (χ0v) is 13.3. The van der Waals surface area contributed by atoms with E-state index in [0.29, 0.717) is 6.04 Å². The number of aromatic nitrogens is 3. The molecule has 0 spiro atoms. The maximum absolute atomic E-state index is 4.47. The molecule has 1 saturated heterocycles. The van der Waals surface area contributed by atoms with Gasteiger partial charge in [0.2, 0.25) is 0 Å². The van der Waals surface area contributed by atoms with Crippen molar-refractivity contribution in [2.75, 3.05) is 19.6 Å². The molecule has 1 unspecified atom stereocenters. The fraction of sp³-hybridized carbons (Fsp3) is 0.333. The molecule has 0 radical (unpaired) electrons. The molecule has 1 N–H and O–H groups in total. The Morgan fingerprint density at radius 2 is 2.09 bits per heavy atom. The lowest BCUT2D eigenvalue weighted by atomic mass is 10.0. The number of hydrogen-bond acceptors (Lipinski definition) is 4. The topological polar surface area (TPSA) is 46.0 Å². The van der Waals surface area contributed by atoms with Gasteiger partial charge >= 0.3 is 0 Å². The summed E-state index contributed by atoms with van der Waals surface area (Å²) in [6, 6.07) is 11.2. The van der Waals surface area contributed by atoms with E-state index < -0.39 is 0 Å². The van der Waals surface area contributed by atoms with Crippen LogP contribution < -0.4 is 5.32 Å². The summed E-state index contributed by atoms with van der Waals surface area (Å²) in [7, 11) is 2.03. The van der Waals surface area contributed by atoms with E-state index in [0.717, 1.165) is 31.7 Å². The Morgan fingerprint density at radius 1 is 1.22 bits per heavy atom. The van der Waals surface area contributed by atoms with Crippen molar-refractivity contribution in [3.63, 3.8) is 0 Å². The molecular formula is C18H21N5. The fourth-order valence-electron chi connectivity index (χ4n) is 3.36. The number of imidazole rings is 1. The smallest absolute Gasteiger partial charge is 0.0955 e. The molecule has 0 aliphatic carbocycles. The molecule has 2 aromatic heterocycles. The summed E-state index contributed by atoms with van der Waals surface area (Å²) < 4.78 is 2.06. The van der Waals surface area contributed by atoms with E-state index in [-0.39, 0.29) is 0 Å². The summed E-state index contributed by atoms with van der Waals surface area (Å²) >= 11 is 0. The van der Waals surface area contributed by atoms with Crippen molar-refractivity contribution in [2.45, 2.75) is 12.6 Å². The molecule has 3 aromatic rings. The highest BCUT2D eigenvalue weighted by molar-refractivity contribution is 5.75. The normalized spacial score (nSPS) is 19.3. The van der Waals surface area contributed by atoms with E-state index in [1.165, 1.54) is 16.6 Å². The van der Waals surface area contributed by atoms with Crippen molar-refractivity contribution in [1.29, 1.82) is 0 Å². The van der Waals surface area contributed by atoms with Crippen molar-refractivity contribution in [2.24, 2.45) is 7.05 Å². The minimum absolute atomic E-state index is 0.395. The third kappa shape index (κ3) is 2.85. The molecule has 118 valence electrons. The quantitative estimate of drug-likeness (QED) is 0.805. The Bertz CT molecular complexity index is 796. The van der Waals surface area contributed by atoms with Gasteiger partial charge in [0.1, 0.15) is 0 Å².